The minimum Gasteiger partial charge on any atom is -0.382 e. The largest absolute Gasteiger partial charge is 0.382 e. The zero-order valence-corrected chi connectivity index (χ0v) is 11.8. The minimum absolute atomic E-state index is 0.461. The number of nitrogens with zero attached hydrogens (tertiary/aromatic N) is 1. The quantitative estimate of drug-likeness (QED) is 0.881. The third-order valence-electron chi connectivity index (χ3n) is 4.40. The molecule has 1 heterocycles. The molecule has 104 valence electrons. The van der Waals surface area contributed by atoms with Crippen molar-refractivity contribution in [3.8, 4) is 0 Å². The zero-order chi connectivity index (χ0) is 13.1. The predicted octanol–water partition coefficient (Wildman–Crippen LogP) is 2.87. The van der Waals surface area contributed by atoms with Gasteiger partial charge in [0.05, 0.1) is 6.10 Å². The molecular weight excluding hydrogens is 236 g/mol. The Kier molecular flexibility index (Phi) is 4.04. The lowest BCUT2D eigenvalue weighted by Crippen LogP contribution is -2.40. The highest BCUT2D eigenvalue weighted by Gasteiger charge is 2.29. The molecule has 2 fully saturated rings. The van der Waals surface area contributed by atoms with E-state index in [0.717, 1.165) is 19.4 Å². The van der Waals surface area contributed by atoms with Crippen LogP contribution >= 0.6 is 0 Å². The van der Waals surface area contributed by atoms with E-state index >= 15 is 0 Å². The highest BCUT2D eigenvalue weighted by molar-refractivity contribution is 5.52. The van der Waals surface area contributed by atoms with Crippen molar-refractivity contribution in [2.75, 3.05) is 25.5 Å². The van der Waals surface area contributed by atoms with Gasteiger partial charge in [-0.25, -0.2) is 0 Å². The maximum Gasteiger partial charge on any atom is 0.0610 e. The van der Waals surface area contributed by atoms with Crippen molar-refractivity contribution in [2.45, 2.75) is 44.4 Å². The van der Waals surface area contributed by atoms with E-state index in [4.69, 9.17) is 4.74 Å². The van der Waals surface area contributed by atoms with Gasteiger partial charge < -0.3 is 10.1 Å². The van der Waals surface area contributed by atoms with Crippen LogP contribution < -0.4 is 5.32 Å². The monoisotopic (exact) mass is 260 g/mol. The van der Waals surface area contributed by atoms with Crippen molar-refractivity contribution in [3.05, 3.63) is 29.8 Å². The van der Waals surface area contributed by atoms with Gasteiger partial charge in [-0.3, -0.25) is 4.90 Å². The number of hydrogen-bond donors (Lipinski definition) is 1. The van der Waals surface area contributed by atoms with E-state index in [1.54, 1.807) is 0 Å². The van der Waals surface area contributed by atoms with Gasteiger partial charge in [0, 0.05) is 25.4 Å². The number of anilines is 1. The summed E-state index contributed by atoms with van der Waals surface area (Å²) in [6, 6.07) is 9.33. The fraction of sp³-hybridized carbons (Fsp3) is 0.625. The molecule has 0 aromatic heterocycles. The first kappa shape index (κ1) is 12.9. The SMILES string of the molecule is COC1CC(Nc2ccccc2CN2CCCC2)C1. The molecule has 3 rings (SSSR count). The molecular formula is C16H24N2O. The second-order valence-corrected chi connectivity index (χ2v) is 5.81. The molecule has 1 aliphatic carbocycles. The molecule has 3 heteroatoms. The van der Waals surface area contributed by atoms with E-state index < -0.39 is 0 Å². The Morgan fingerprint density at radius 3 is 2.68 bits per heavy atom. The number of methoxy groups -OCH3 is 1. The molecule has 2 aliphatic rings. The third-order valence-corrected chi connectivity index (χ3v) is 4.40. The van der Waals surface area contributed by atoms with Gasteiger partial charge in [0.1, 0.15) is 0 Å². The number of likely N-dealkylation sites (tertiary alicyclic amines) is 1. The van der Waals surface area contributed by atoms with Crippen LogP contribution in [0, 0.1) is 0 Å². The summed E-state index contributed by atoms with van der Waals surface area (Å²) >= 11 is 0. The molecule has 0 bridgehead atoms. The fourth-order valence-electron chi connectivity index (χ4n) is 3.08. The van der Waals surface area contributed by atoms with E-state index in [-0.39, 0.29) is 0 Å². The van der Waals surface area contributed by atoms with Crippen LogP contribution in [-0.2, 0) is 11.3 Å². The van der Waals surface area contributed by atoms with E-state index in [2.05, 4.69) is 34.5 Å². The fourth-order valence-corrected chi connectivity index (χ4v) is 3.08. The molecule has 0 amide bonds. The smallest absolute Gasteiger partial charge is 0.0610 e. The number of benzene rings is 1. The highest BCUT2D eigenvalue weighted by atomic mass is 16.5. The first-order valence-electron chi connectivity index (χ1n) is 7.45. The maximum absolute atomic E-state index is 5.34. The Balaban J connectivity index is 1.60. The van der Waals surface area contributed by atoms with Crippen LogP contribution in [0.4, 0.5) is 5.69 Å². The third kappa shape index (κ3) is 3.10. The van der Waals surface area contributed by atoms with Crippen LogP contribution in [0.25, 0.3) is 0 Å². The topological polar surface area (TPSA) is 24.5 Å². The molecule has 1 saturated heterocycles. The van der Waals surface area contributed by atoms with E-state index in [9.17, 15) is 0 Å². The summed E-state index contributed by atoms with van der Waals surface area (Å²) < 4.78 is 5.34. The van der Waals surface area contributed by atoms with Gasteiger partial charge >= 0.3 is 0 Å². The molecule has 0 unspecified atom stereocenters. The van der Waals surface area contributed by atoms with Crippen molar-refractivity contribution >= 4 is 5.69 Å². The van der Waals surface area contributed by atoms with Crippen LogP contribution in [-0.4, -0.2) is 37.2 Å². The number of rotatable bonds is 5. The van der Waals surface area contributed by atoms with E-state index in [0.29, 0.717) is 12.1 Å². The Morgan fingerprint density at radius 2 is 1.95 bits per heavy atom. The average Bonchev–Trinajstić information content (AvgIpc) is 2.88. The summed E-state index contributed by atoms with van der Waals surface area (Å²) in [5, 5.41) is 3.68. The van der Waals surface area contributed by atoms with Crippen LogP contribution in [0.5, 0.6) is 0 Å². The molecule has 0 spiro atoms. The van der Waals surface area contributed by atoms with Crippen LogP contribution in [0.2, 0.25) is 0 Å². The van der Waals surface area contributed by atoms with Gasteiger partial charge in [-0.05, 0) is 50.4 Å². The van der Waals surface area contributed by atoms with Crippen molar-refractivity contribution in [3.63, 3.8) is 0 Å². The summed E-state index contributed by atoms with van der Waals surface area (Å²) in [6.07, 6.45) is 5.44. The number of nitrogens with one attached hydrogen (secondary N) is 1. The summed E-state index contributed by atoms with van der Waals surface area (Å²) in [7, 11) is 1.81. The normalized spacial score (nSPS) is 27.2. The first-order chi connectivity index (χ1) is 9.35. The van der Waals surface area contributed by atoms with Crippen molar-refractivity contribution in [1.82, 2.24) is 4.90 Å². The van der Waals surface area contributed by atoms with Crippen molar-refractivity contribution < 1.29 is 4.74 Å². The van der Waals surface area contributed by atoms with Gasteiger partial charge in [-0.2, -0.15) is 0 Å². The van der Waals surface area contributed by atoms with Gasteiger partial charge in [0.25, 0.3) is 0 Å². The summed E-state index contributed by atoms with van der Waals surface area (Å²) in [4.78, 5) is 2.55. The van der Waals surface area contributed by atoms with Gasteiger partial charge in [0.2, 0.25) is 0 Å². The number of para-hydroxylation sites is 1. The second-order valence-electron chi connectivity index (χ2n) is 5.81. The number of hydrogen-bond acceptors (Lipinski definition) is 3. The Labute approximate surface area is 115 Å². The standard InChI is InChI=1S/C16H24N2O/c1-19-15-10-14(11-15)17-16-7-3-2-6-13(16)12-18-8-4-5-9-18/h2-3,6-7,14-15,17H,4-5,8-12H2,1H3. The van der Waals surface area contributed by atoms with Gasteiger partial charge in [-0.1, -0.05) is 18.2 Å². The average molecular weight is 260 g/mol. The molecule has 1 aromatic carbocycles. The second kappa shape index (κ2) is 5.93. The van der Waals surface area contributed by atoms with Crippen LogP contribution in [0.3, 0.4) is 0 Å². The van der Waals surface area contributed by atoms with Crippen molar-refractivity contribution in [1.29, 1.82) is 0 Å². The molecule has 3 nitrogen and oxygen atoms in total. The molecule has 0 atom stereocenters. The Bertz CT molecular complexity index is 409. The maximum atomic E-state index is 5.34. The van der Waals surface area contributed by atoms with Crippen molar-refractivity contribution in [2.24, 2.45) is 0 Å². The lowest BCUT2D eigenvalue weighted by atomic mass is 9.89. The van der Waals surface area contributed by atoms with Gasteiger partial charge in [0.15, 0.2) is 0 Å². The highest BCUT2D eigenvalue weighted by Crippen LogP contribution is 2.28. The van der Waals surface area contributed by atoms with E-state index in [1.165, 1.54) is 37.2 Å². The lowest BCUT2D eigenvalue weighted by Gasteiger charge is -2.36. The number of ether oxygens (including phenoxy) is 1. The minimum atomic E-state index is 0.461. The Morgan fingerprint density at radius 1 is 1.21 bits per heavy atom. The summed E-state index contributed by atoms with van der Waals surface area (Å²) in [5.74, 6) is 0. The molecule has 19 heavy (non-hydrogen) atoms. The summed E-state index contributed by atoms with van der Waals surface area (Å²) in [6.45, 7) is 3.59. The molecule has 0 radical (unpaired) electrons. The lowest BCUT2D eigenvalue weighted by molar-refractivity contribution is 0.0328. The van der Waals surface area contributed by atoms with Crippen LogP contribution in [0.1, 0.15) is 31.2 Å². The van der Waals surface area contributed by atoms with Gasteiger partial charge in [-0.15, -0.1) is 0 Å². The van der Waals surface area contributed by atoms with Crippen LogP contribution in [0.15, 0.2) is 24.3 Å². The molecule has 1 saturated carbocycles. The molecule has 1 aliphatic heterocycles. The van der Waals surface area contributed by atoms with E-state index in [1.807, 2.05) is 7.11 Å². The first-order valence-corrected chi connectivity index (χ1v) is 7.45. The summed E-state index contributed by atoms with van der Waals surface area (Å²) in [5.41, 5.74) is 2.75. The Hall–Kier alpha value is -1.06. The predicted molar refractivity (Wildman–Crippen MR) is 78.4 cm³/mol. The zero-order valence-electron chi connectivity index (χ0n) is 11.8. The molecule has 1 N–H and O–H groups in total. The molecule has 1 aromatic rings.